The van der Waals surface area contributed by atoms with Gasteiger partial charge in [0.1, 0.15) is 0 Å². The van der Waals surface area contributed by atoms with Crippen molar-refractivity contribution < 1.29 is 4.79 Å². The van der Waals surface area contributed by atoms with Gasteiger partial charge in [-0.25, -0.2) is 0 Å². The van der Waals surface area contributed by atoms with Crippen molar-refractivity contribution in [2.45, 2.75) is 14.9 Å². The van der Waals surface area contributed by atoms with Gasteiger partial charge in [-0.15, -0.1) is 21.5 Å². The molecule has 2 aromatic heterocycles. The summed E-state index contributed by atoms with van der Waals surface area (Å²) in [6, 6.07) is 30.1. The average Bonchev–Trinajstić information content (AvgIpc) is 3.56. The number of amides is 1. The van der Waals surface area contributed by atoms with Gasteiger partial charge in [0.05, 0.1) is 22.0 Å². The molecule has 0 fully saturated rings. The van der Waals surface area contributed by atoms with Crippen molar-refractivity contribution in [3.8, 4) is 16.4 Å². The molecule has 5 aromatic rings. The van der Waals surface area contributed by atoms with E-state index in [2.05, 4.69) is 22.3 Å². The van der Waals surface area contributed by atoms with Crippen LogP contribution in [0.15, 0.2) is 111 Å². The first-order chi connectivity index (χ1) is 16.8. The Kier molecular flexibility index (Phi) is 5.70. The summed E-state index contributed by atoms with van der Waals surface area (Å²) in [5.41, 5.74) is 2.80. The zero-order chi connectivity index (χ0) is 22.9. The SMILES string of the molecule is O=C(CSc1nnc(-c2cccs2)n1-c1ccccc1)N1c2ccccc2Sc2ccccc21. The molecule has 0 bridgehead atoms. The Balaban J connectivity index is 1.34. The molecule has 1 amide bonds. The van der Waals surface area contributed by atoms with Gasteiger partial charge in [0.15, 0.2) is 11.0 Å². The lowest BCUT2D eigenvalue weighted by atomic mass is 10.2. The molecule has 0 saturated carbocycles. The lowest BCUT2D eigenvalue weighted by molar-refractivity contribution is -0.115. The van der Waals surface area contributed by atoms with E-state index in [1.54, 1.807) is 23.1 Å². The van der Waals surface area contributed by atoms with E-state index in [0.29, 0.717) is 5.16 Å². The van der Waals surface area contributed by atoms with E-state index in [-0.39, 0.29) is 11.7 Å². The number of fused-ring (bicyclic) bond motifs is 2. The molecule has 0 atom stereocenters. The van der Waals surface area contributed by atoms with Crippen molar-refractivity contribution >= 4 is 52.1 Å². The summed E-state index contributed by atoms with van der Waals surface area (Å²) in [6.45, 7) is 0. The van der Waals surface area contributed by atoms with Crippen molar-refractivity contribution in [3.63, 3.8) is 0 Å². The van der Waals surface area contributed by atoms with E-state index in [1.807, 2.05) is 93.7 Å². The van der Waals surface area contributed by atoms with Crippen LogP contribution < -0.4 is 4.90 Å². The molecule has 5 nitrogen and oxygen atoms in total. The molecular weight excluding hydrogens is 481 g/mol. The molecule has 0 aliphatic carbocycles. The number of thioether (sulfide) groups is 1. The fourth-order valence-corrected chi connectivity index (χ4v) is 6.46. The summed E-state index contributed by atoms with van der Waals surface area (Å²) in [7, 11) is 0. The minimum absolute atomic E-state index is 0.00508. The standard InChI is InChI=1S/C26H18N4OS3/c31-24(30-19-11-4-6-13-21(19)34-22-14-7-5-12-20(22)30)17-33-26-28-27-25(23-15-8-16-32-23)29(26)18-9-2-1-3-10-18/h1-16H,17H2. The number of hydrogen-bond acceptors (Lipinski definition) is 6. The Morgan fingerprint density at radius 1 is 0.794 bits per heavy atom. The van der Waals surface area contributed by atoms with Gasteiger partial charge in [-0.05, 0) is 47.8 Å². The van der Waals surface area contributed by atoms with Crippen LogP contribution in [0.3, 0.4) is 0 Å². The average molecular weight is 499 g/mol. The Hall–Kier alpha value is -3.33. The molecule has 3 aromatic carbocycles. The highest BCUT2D eigenvalue weighted by Crippen LogP contribution is 2.48. The van der Waals surface area contributed by atoms with E-state index in [0.717, 1.165) is 37.6 Å². The van der Waals surface area contributed by atoms with Crippen LogP contribution in [-0.2, 0) is 4.79 Å². The van der Waals surface area contributed by atoms with Gasteiger partial charge in [-0.1, -0.05) is 72.1 Å². The second kappa shape index (κ2) is 9.13. The zero-order valence-corrected chi connectivity index (χ0v) is 20.3. The maximum atomic E-state index is 13.6. The van der Waals surface area contributed by atoms with Crippen LogP contribution in [0.1, 0.15) is 0 Å². The first kappa shape index (κ1) is 21.2. The third-order valence-corrected chi connectivity index (χ3v) is 8.31. The van der Waals surface area contributed by atoms with Crippen LogP contribution in [-0.4, -0.2) is 26.4 Å². The number of nitrogens with zero attached hydrogens (tertiary/aromatic N) is 4. The topological polar surface area (TPSA) is 51.0 Å². The maximum Gasteiger partial charge on any atom is 0.242 e. The van der Waals surface area contributed by atoms with Crippen molar-refractivity contribution in [2.24, 2.45) is 0 Å². The normalized spacial score (nSPS) is 12.3. The van der Waals surface area contributed by atoms with Crippen LogP contribution in [0.5, 0.6) is 0 Å². The van der Waals surface area contributed by atoms with E-state index in [9.17, 15) is 4.79 Å². The molecule has 0 saturated heterocycles. The highest BCUT2D eigenvalue weighted by molar-refractivity contribution is 8.00. The van der Waals surface area contributed by atoms with Crippen LogP contribution in [0.2, 0.25) is 0 Å². The smallest absolute Gasteiger partial charge is 0.242 e. The molecule has 6 rings (SSSR count). The second-order valence-corrected chi connectivity index (χ2v) is 10.5. The molecule has 0 unspecified atom stereocenters. The van der Waals surface area contributed by atoms with Gasteiger partial charge >= 0.3 is 0 Å². The quantitative estimate of drug-likeness (QED) is 0.246. The monoisotopic (exact) mass is 498 g/mol. The Labute approximate surface area is 209 Å². The molecule has 8 heteroatoms. The highest BCUT2D eigenvalue weighted by Gasteiger charge is 2.28. The molecule has 34 heavy (non-hydrogen) atoms. The number of benzene rings is 3. The Morgan fingerprint density at radius 2 is 1.47 bits per heavy atom. The van der Waals surface area contributed by atoms with Gasteiger partial charge in [0.25, 0.3) is 0 Å². The zero-order valence-electron chi connectivity index (χ0n) is 17.9. The van der Waals surface area contributed by atoms with Gasteiger partial charge < -0.3 is 0 Å². The highest BCUT2D eigenvalue weighted by atomic mass is 32.2. The summed E-state index contributed by atoms with van der Waals surface area (Å²) in [5, 5.41) is 11.7. The summed E-state index contributed by atoms with van der Waals surface area (Å²) in [4.78, 5) is 18.6. The molecular formula is C26H18N4OS3. The minimum Gasteiger partial charge on any atom is -0.278 e. The molecule has 0 radical (unpaired) electrons. The number of aromatic nitrogens is 3. The lowest BCUT2D eigenvalue weighted by Gasteiger charge is -2.30. The van der Waals surface area contributed by atoms with Crippen LogP contribution >= 0.6 is 34.9 Å². The lowest BCUT2D eigenvalue weighted by Crippen LogP contribution is -2.30. The number of carbonyl (C=O) groups is 1. The predicted molar refractivity (Wildman–Crippen MR) is 140 cm³/mol. The minimum atomic E-state index is 0.00508. The third kappa shape index (κ3) is 3.83. The summed E-state index contributed by atoms with van der Waals surface area (Å²) in [6.07, 6.45) is 0. The summed E-state index contributed by atoms with van der Waals surface area (Å²) < 4.78 is 2.03. The van der Waals surface area contributed by atoms with Gasteiger partial charge in [0.2, 0.25) is 5.91 Å². The first-order valence-electron chi connectivity index (χ1n) is 10.7. The number of hydrogen-bond donors (Lipinski definition) is 0. The number of carbonyl (C=O) groups excluding carboxylic acids is 1. The molecule has 0 N–H and O–H groups in total. The summed E-state index contributed by atoms with van der Waals surface area (Å²) >= 11 is 4.72. The van der Waals surface area contributed by atoms with Gasteiger partial charge in [0, 0.05) is 15.5 Å². The van der Waals surface area contributed by atoms with E-state index in [4.69, 9.17) is 0 Å². The number of anilines is 2. The third-order valence-electron chi connectivity index (χ3n) is 5.40. The fraction of sp³-hybridized carbons (Fsp3) is 0.0385. The van der Waals surface area contributed by atoms with Gasteiger partial charge in [-0.3, -0.25) is 14.3 Å². The van der Waals surface area contributed by atoms with E-state index in [1.165, 1.54) is 11.8 Å². The van der Waals surface area contributed by atoms with Crippen molar-refractivity contribution in [2.75, 3.05) is 10.7 Å². The number of thiophene rings is 1. The summed E-state index contributed by atoms with van der Waals surface area (Å²) in [5.74, 6) is 1.02. The van der Waals surface area contributed by atoms with Gasteiger partial charge in [-0.2, -0.15) is 0 Å². The largest absolute Gasteiger partial charge is 0.278 e. The Bertz CT molecular complexity index is 1420. The molecule has 0 spiro atoms. The second-order valence-electron chi connectivity index (χ2n) is 7.51. The van der Waals surface area contributed by atoms with Crippen LogP contribution in [0.25, 0.3) is 16.4 Å². The molecule has 1 aliphatic rings. The van der Waals surface area contributed by atoms with E-state index >= 15 is 0 Å². The van der Waals surface area contributed by atoms with Crippen molar-refractivity contribution in [1.29, 1.82) is 0 Å². The molecule has 1 aliphatic heterocycles. The number of para-hydroxylation sites is 3. The molecule has 166 valence electrons. The predicted octanol–water partition coefficient (Wildman–Crippen LogP) is 6.92. The van der Waals surface area contributed by atoms with Crippen LogP contribution in [0, 0.1) is 0 Å². The van der Waals surface area contributed by atoms with Crippen LogP contribution in [0.4, 0.5) is 11.4 Å². The first-order valence-corrected chi connectivity index (χ1v) is 13.3. The maximum absolute atomic E-state index is 13.6. The Morgan fingerprint density at radius 3 is 2.15 bits per heavy atom. The fourth-order valence-electron chi connectivity index (χ4n) is 3.90. The molecule has 3 heterocycles. The van der Waals surface area contributed by atoms with Crippen molar-refractivity contribution in [3.05, 3.63) is 96.4 Å². The number of rotatable bonds is 5. The van der Waals surface area contributed by atoms with Crippen molar-refractivity contribution in [1.82, 2.24) is 14.8 Å². The van der Waals surface area contributed by atoms with E-state index < -0.39 is 0 Å².